The van der Waals surface area contributed by atoms with Crippen LogP contribution in [0.15, 0.2) is 18.5 Å². The number of alkyl halides is 3. The number of amides is 1. The largest absolute Gasteiger partial charge is 0.490 e. The molecule has 2 rings (SSSR count). The van der Waals surface area contributed by atoms with Crippen molar-refractivity contribution in [2.75, 3.05) is 24.6 Å². The molecule has 9 nitrogen and oxygen atoms in total. The molecule has 0 aliphatic carbocycles. The first-order valence-corrected chi connectivity index (χ1v) is 9.01. The molecule has 1 aliphatic rings. The number of hydrogen-bond donors (Lipinski definition) is 2. The van der Waals surface area contributed by atoms with E-state index in [4.69, 9.17) is 15.0 Å². The minimum Gasteiger partial charge on any atom is -0.481 e. The Bertz CT molecular complexity index is 701. The minimum absolute atomic E-state index is 0.0110. The fourth-order valence-corrected chi connectivity index (χ4v) is 2.93. The number of halogens is 3. The Kier molecular flexibility index (Phi) is 8.28. The first-order chi connectivity index (χ1) is 12.5. The Morgan fingerprint density at radius 2 is 1.78 bits per heavy atom. The molecule has 1 fully saturated rings. The Morgan fingerprint density at radius 1 is 1.22 bits per heavy atom. The zero-order valence-corrected chi connectivity index (χ0v) is 14.7. The van der Waals surface area contributed by atoms with Crippen molar-refractivity contribution in [3.63, 3.8) is 0 Å². The molecular formula is C14H17F3N3O6S+. The minimum atomic E-state index is -5.08. The van der Waals surface area contributed by atoms with E-state index in [0.29, 0.717) is 30.2 Å². The fourth-order valence-electron chi connectivity index (χ4n) is 1.88. The van der Waals surface area contributed by atoms with Gasteiger partial charge in [0.05, 0.1) is 5.56 Å². The summed E-state index contributed by atoms with van der Waals surface area (Å²) in [4.78, 5) is 33.2. The molecular weight excluding hydrogens is 395 g/mol. The molecule has 150 valence electrons. The van der Waals surface area contributed by atoms with Gasteiger partial charge in [-0.05, 0) is 5.10 Å². The van der Waals surface area contributed by atoms with E-state index in [1.165, 1.54) is 10.9 Å². The second-order valence-corrected chi connectivity index (χ2v) is 6.96. The van der Waals surface area contributed by atoms with Gasteiger partial charge in [0.25, 0.3) is 5.91 Å². The van der Waals surface area contributed by atoms with Crippen LogP contribution >= 0.6 is 0 Å². The molecule has 0 atom stereocenters. The van der Waals surface area contributed by atoms with Gasteiger partial charge in [-0.3, -0.25) is 13.8 Å². The predicted molar refractivity (Wildman–Crippen MR) is 84.2 cm³/mol. The third-order valence-corrected chi connectivity index (χ3v) is 4.56. The monoisotopic (exact) mass is 412 g/mol. The van der Waals surface area contributed by atoms with Gasteiger partial charge < -0.3 is 15.1 Å². The number of aromatic nitrogens is 2. The first kappa shape index (κ1) is 22.5. The van der Waals surface area contributed by atoms with Gasteiger partial charge in [-0.1, -0.05) is 4.68 Å². The number of nitrogens with zero attached hydrogens (tertiary/aromatic N) is 3. The van der Waals surface area contributed by atoms with Crippen molar-refractivity contribution >= 4 is 28.6 Å². The van der Waals surface area contributed by atoms with Crippen LogP contribution in [-0.2, 0) is 26.9 Å². The highest BCUT2D eigenvalue weighted by molar-refractivity contribution is 7.85. The summed E-state index contributed by atoms with van der Waals surface area (Å²) in [5.74, 6) is -2.73. The third-order valence-electron chi connectivity index (χ3n) is 3.28. The van der Waals surface area contributed by atoms with Crippen molar-refractivity contribution < 1.29 is 46.7 Å². The molecule has 27 heavy (non-hydrogen) atoms. The molecule has 1 aliphatic heterocycles. The van der Waals surface area contributed by atoms with E-state index in [1.807, 2.05) is 0 Å². The molecule has 1 aromatic rings. The SMILES string of the molecule is O=C(O)C(F)(F)F.O=C(O)CC[n+]1ccc(C(=O)N2CCS(=O)CC2)cn1. The van der Waals surface area contributed by atoms with Gasteiger partial charge in [-0.25, -0.2) is 4.79 Å². The number of carboxylic acid groups (broad SMARTS) is 2. The number of rotatable bonds is 4. The lowest BCUT2D eigenvalue weighted by Gasteiger charge is -2.25. The topological polar surface area (TPSA) is 129 Å². The number of carboxylic acids is 2. The molecule has 0 bridgehead atoms. The Labute approximate surface area is 153 Å². The zero-order chi connectivity index (χ0) is 20.6. The number of aliphatic carboxylic acids is 2. The number of hydrogen-bond acceptors (Lipinski definition) is 5. The molecule has 13 heteroatoms. The van der Waals surface area contributed by atoms with Crippen LogP contribution in [0, 0.1) is 0 Å². The molecule has 0 aromatic carbocycles. The zero-order valence-electron chi connectivity index (χ0n) is 13.9. The molecule has 0 saturated carbocycles. The Morgan fingerprint density at radius 3 is 2.19 bits per heavy atom. The van der Waals surface area contributed by atoms with Gasteiger partial charge in [-0.2, -0.15) is 13.2 Å². The summed E-state index contributed by atoms with van der Waals surface area (Å²) in [7, 11) is -0.814. The average molecular weight is 412 g/mol. The average Bonchev–Trinajstić information content (AvgIpc) is 2.60. The lowest BCUT2D eigenvalue weighted by Crippen LogP contribution is -2.43. The van der Waals surface area contributed by atoms with Crippen molar-refractivity contribution in [3.8, 4) is 0 Å². The van der Waals surface area contributed by atoms with Crippen molar-refractivity contribution in [2.45, 2.75) is 19.1 Å². The van der Waals surface area contributed by atoms with Crippen LogP contribution in [0.1, 0.15) is 16.8 Å². The standard InChI is InChI=1S/C12H15N3O4S.C2HF3O2/c16-11(17)2-4-15-3-1-10(9-13-15)12(18)14-5-7-20(19)8-6-14;3-2(4,5)1(6)7/h1,3,9H,2,4-8H2;(H,6,7)/p+1. The maximum atomic E-state index is 12.2. The van der Waals surface area contributed by atoms with E-state index >= 15 is 0 Å². The molecule has 0 unspecified atom stereocenters. The van der Waals surface area contributed by atoms with E-state index in [1.54, 1.807) is 17.2 Å². The van der Waals surface area contributed by atoms with E-state index < -0.39 is 28.9 Å². The highest BCUT2D eigenvalue weighted by Crippen LogP contribution is 2.13. The van der Waals surface area contributed by atoms with Crippen molar-refractivity contribution in [2.24, 2.45) is 0 Å². The molecule has 2 N–H and O–H groups in total. The van der Waals surface area contributed by atoms with Gasteiger partial charge >= 0.3 is 18.1 Å². The third kappa shape index (κ3) is 8.11. The summed E-state index contributed by atoms with van der Waals surface area (Å²) in [6.45, 7) is 1.27. The second kappa shape index (κ2) is 9.94. The Balaban J connectivity index is 0.000000445. The quantitative estimate of drug-likeness (QED) is 0.649. The fraction of sp³-hybridized carbons (Fsp3) is 0.500. The van der Waals surface area contributed by atoms with E-state index in [2.05, 4.69) is 5.10 Å². The van der Waals surface area contributed by atoms with E-state index in [9.17, 15) is 27.0 Å². The lowest BCUT2D eigenvalue weighted by atomic mass is 10.2. The summed E-state index contributed by atoms with van der Waals surface area (Å²) < 4.78 is 44.5. The van der Waals surface area contributed by atoms with Crippen LogP contribution in [0.4, 0.5) is 13.2 Å². The van der Waals surface area contributed by atoms with Crippen LogP contribution in [0.3, 0.4) is 0 Å². The molecule has 2 heterocycles. The van der Waals surface area contributed by atoms with Gasteiger partial charge in [0, 0.05) is 41.5 Å². The van der Waals surface area contributed by atoms with E-state index in [-0.39, 0.29) is 18.9 Å². The predicted octanol–water partition coefficient (Wildman–Crippen LogP) is -0.318. The van der Waals surface area contributed by atoms with Gasteiger partial charge in [0.1, 0.15) is 12.6 Å². The molecule has 1 amide bonds. The summed E-state index contributed by atoms with van der Waals surface area (Å²) in [6, 6.07) is 1.63. The Hall–Kier alpha value is -2.57. The molecule has 1 aromatic heterocycles. The van der Waals surface area contributed by atoms with Crippen molar-refractivity contribution in [1.29, 1.82) is 0 Å². The highest BCUT2D eigenvalue weighted by Gasteiger charge is 2.38. The van der Waals surface area contributed by atoms with Crippen LogP contribution in [0.25, 0.3) is 0 Å². The van der Waals surface area contributed by atoms with Crippen molar-refractivity contribution in [3.05, 3.63) is 24.0 Å². The number of carbonyl (C=O) groups excluding carboxylic acids is 1. The second-order valence-electron chi connectivity index (χ2n) is 5.27. The molecule has 1 saturated heterocycles. The number of aryl methyl sites for hydroxylation is 1. The summed E-state index contributed by atoms with van der Waals surface area (Å²) in [5.41, 5.74) is 0.462. The van der Waals surface area contributed by atoms with Crippen molar-refractivity contribution in [1.82, 2.24) is 10.00 Å². The summed E-state index contributed by atoms with van der Waals surface area (Å²) in [6.07, 6.45) is -2.06. The van der Waals surface area contributed by atoms with Crippen LogP contribution in [-0.4, -0.2) is 73.0 Å². The number of carbonyl (C=O) groups is 3. The summed E-state index contributed by atoms with van der Waals surface area (Å²) >= 11 is 0. The highest BCUT2D eigenvalue weighted by atomic mass is 32.2. The van der Waals surface area contributed by atoms with Crippen LogP contribution in [0.2, 0.25) is 0 Å². The van der Waals surface area contributed by atoms with Gasteiger partial charge in [0.2, 0.25) is 0 Å². The lowest BCUT2D eigenvalue weighted by molar-refractivity contribution is -0.753. The smallest absolute Gasteiger partial charge is 0.481 e. The maximum absolute atomic E-state index is 12.2. The summed E-state index contributed by atoms with van der Waals surface area (Å²) in [5, 5.41) is 19.7. The van der Waals surface area contributed by atoms with Crippen LogP contribution in [0.5, 0.6) is 0 Å². The molecule has 0 spiro atoms. The maximum Gasteiger partial charge on any atom is 0.490 e. The first-order valence-electron chi connectivity index (χ1n) is 7.52. The van der Waals surface area contributed by atoms with Crippen LogP contribution < -0.4 is 4.68 Å². The van der Waals surface area contributed by atoms with E-state index in [0.717, 1.165) is 0 Å². The molecule has 0 radical (unpaired) electrons. The van der Waals surface area contributed by atoms with Gasteiger partial charge in [0.15, 0.2) is 12.7 Å². The van der Waals surface area contributed by atoms with Gasteiger partial charge in [-0.15, -0.1) is 0 Å². The normalized spacial score (nSPS) is 14.9.